The molecule has 2 atom stereocenters. The van der Waals surface area contributed by atoms with E-state index in [-0.39, 0.29) is 17.8 Å². The van der Waals surface area contributed by atoms with Crippen molar-refractivity contribution in [3.8, 4) is 5.75 Å². The van der Waals surface area contributed by atoms with Crippen LogP contribution in [0.25, 0.3) is 0 Å². The first-order valence-electron chi connectivity index (χ1n) is 5.91. The van der Waals surface area contributed by atoms with Crippen molar-refractivity contribution in [1.29, 1.82) is 0 Å². The van der Waals surface area contributed by atoms with Gasteiger partial charge in [0.15, 0.2) is 5.84 Å². The minimum atomic E-state index is -0.675. The third-order valence-corrected chi connectivity index (χ3v) is 2.93. The fraction of sp³-hybridized carbons (Fsp3) is 0.385. The fourth-order valence-electron chi connectivity index (χ4n) is 1.54. The van der Waals surface area contributed by atoms with Crippen LogP contribution in [0, 0.1) is 5.92 Å². The lowest BCUT2D eigenvalue weighted by molar-refractivity contribution is -0.123. The van der Waals surface area contributed by atoms with Gasteiger partial charge in [-0.05, 0) is 31.5 Å². The van der Waals surface area contributed by atoms with Crippen molar-refractivity contribution in [3.05, 3.63) is 29.8 Å². The molecular formula is C13H19N3O3. The Bertz CT molecular complexity index is 457. The predicted octanol–water partition coefficient (Wildman–Crippen LogP) is 1.25. The number of nitrogens with zero attached hydrogens (tertiary/aromatic N) is 1. The minimum Gasteiger partial charge on any atom is -0.497 e. The summed E-state index contributed by atoms with van der Waals surface area (Å²) in [4.78, 5) is 11.8. The first kappa shape index (κ1) is 14.8. The van der Waals surface area contributed by atoms with Crippen LogP contribution in [0.4, 0.5) is 0 Å². The standard InChI is InChI=1S/C13H19N3O3/c1-8(12(14)16-18)13(17)15-9(2)10-4-6-11(19-3)7-5-10/h4-9,18H,1-3H3,(H2,14,16)(H,15,17). The highest BCUT2D eigenvalue weighted by Gasteiger charge is 2.19. The average molecular weight is 265 g/mol. The maximum atomic E-state index is 11.8. The van der Waals surface area contributed by atoms with Gasteiger partial charge in [-0.3, -0.25) is 4.79 Å². The fourth-order valence-corrected chi connectivity index (χ4v) is 1.54. The molecule has 1 aromatic rings. The Morgan fingerprint density at radius 2 is 1.95 bits per heavy atom. The van der Waals surface area contributed by atoms with Gasteiger partial charge in [0.05, 0.1) is 19.1 Å². The molecule has 104 valence electrons. The number of hydrogen-bond acceptors (Lipinski definition) is 4. The average Bonchev–Trinajstić information content (AvgIpc) is 2.45. The first-order chi connectivity index (χ1) is 8.99. The number of nitrogens with one attached hydrogen (secondary N) is 1. The maximum Gasteiger partial charge on any atom is 0.231 e. The predicted molar refractivity (Wildman–Crippen MR) is 72.1 cm³/mol. The zero-order valence-electron chi connectivity index (χ0n) is 11.3. The summed E-state index contributed by atoms with van der Waals surface area (Å²) in [6, 6.07) is 7.22. The van der Waals surface area contributed by atoms with Crippen LogP contribution in [-0.2, 0) is 4.79 Å². The van der Waals surface area contributed by atoms with Gasteiger partial charge in [-0.25, -0.2) is 0 Å². The first-order valence-corrected chi connectivity index (χ1v) is 5.91. The smallest absolute Gasteiger partial charge is 0.231 e. The van der Waals surface area contributed by atoms with E-state index in [0.717, 1.165) is 11.3 Å². The molecule has 0 fully saturated rings. The lowest BCUT2D eigenvalue weighted by Gasteiger charge is -2.17. The lowest BCUT2D eigenvalue weighted by atomic mass is 10.1. The number of nitrogens with two attached hydrogens (primary N) is 1. The second-order valence-electron chi connectivity index (χ2n) is 4.25. The third-order valence-electron chi connectivity index (χ3n) is 2.93. The van der Waals surface area contributed by atoms with Gasteiger partial charge >= 0.3 is 0 Å². The lowest BCUT2D eigenvalue weighted by Crippen LogP contribution is -2.38. The zero-order chi connectivity index (χ0) is 14.4. The zero-order valence-corrected chi connectivity index (χ0v) is 11.3. The van der Waals surface area contributed by atoms with E-state index < -0.39 is 5.92 Å². The van der Waals surface area contributed by atoms with E-state index in [2.05, 4.69) is 10.5 Å². The molecule has 6 nitrogen and oxygen atoms in total. The molecule has 0 aliphatic rings. The Kier molecular flexibility index (Phi) is 5.17. The molecule has 0 aliphatic carbocycles. The Labute approximate surface area is 112 Å². The summed E-state index contributed by atoms with van der Waals surface area (Å²) < 4.78 is 5.07. The number of hydrogen-bond donors (Lipinski definition) is 3. The van der Waals surface area contributed by atoms with E-state index in [0.29, 0.717) is 0 Å². The molecule has 0 spiro atoms. The van der Waals surface area contributed by atoms with Gasteiger partial charge < -0.3 is 21.0 Å². The molecule has 0 aliphatic heterocycles. The van der Waals surface area contributed by atoms with Crippen LogP contribution in [-0.4, -0.2) is 24.1 Å². The Morgan fingerprint density at radius 3 is 2.42 bits per heavy atom. The summed E-state index contributed by atoms with van der Waals surface area (Å²) in [7, 11) is 1.60. The van der Waals surface area contributed by atoms with Gasteiger partial charge in [-0.2, -0.15) is 0 Å². The molecule has 1 rings (SSSR count). The number of methoxy groups -OCH3 is 1. The van der Waals surface area contributed by atoms with E-state index >= 15 is 0 Å². The summed E-state index contributed by atoms with van der Waals surface area (Å²) in [5.41, 5.74) is 6.34. The van der Waals surface area contributed by atoms with E-state index in [1.54, 1.807) is 14.0 Å². The van der Waals surface area contributed by atoms with Crippen LogP contribution in [0.5, 0.6) is 5.75 Å². The summed E-state index contributed by atoms with van der Waals surface area (Å²) in [6.45, 7) is 3.43. The largest absolute Gasteiger partial charge is 0.497 e. The molecule has 19 heavy (non-hydrogen) atoms. The minimum absolute atomic E-state index is 0.112. The number of carbonyl (C=O) groups is 1. The number of oxime groups is 1. The van der Waals surface area contributed by atoms with Crippen molar-refractivity contribution in [1.82, 2.24) is 5.32 Å². The molecule has 0 radical (unpaired) electrons. The summed E-state index contributed by atoms with van der Waals surface area (Å²) in [5.74, 6) is -0.323. The molecule has 6 heteroatoms. The molecule has 0 saturated carbocycles. The number of amidine groups is 1. The maximum absolute atomic E-state index is 11.8. The molecule has 0 aromatic heterocycles. The topological polar surface area (TPSA) is 96.9 Å². The second-order valence-corrected chi connectivity index (χ2v) is 4.25. The van der Waals surface area contributed by atoms with Crippen LogP contribution < -0.4 is 15.8 Å². The van der Waals surface area contributed by atoms with Crippen LogP contribution >= 0.6 is 0 Å². The van der Waals surface area contributed by atoms with Crippen molar-refractivity contribution in [2.45, 2.75) is 19.9 Å². The summed E-state index contributed by atoms with van der Waals surface area (Å²) in [5, 5.41) is 14.2. The highest BCUT2D eigenvalue weighted by Crippen LogP contribution is 2.17. The van der Waals surface area contributed by atoms with Crippen LogP contribution in [0.3, 0.4) is 0 Å². The van der Waals surface area contributed by atoms with Crippen LogP contribution in [0.2, 0.25) is 0 Å². The monoisotopic (exact) mass is 265 g/mol. The van der Waals surface area contributed by atoms with Gasteiger partial charge in [0.2, 0.25) is 5.91 Å². The molecule has 4 N–H and O–H groups in total. The molecule has 0 heterocycles. The van der Waals surface area contributed by atoms with Crippen molar-refractivity contribution in [2.24, 2.45) is 16.8 Å². The summed E-state index contributed by atoms with van der Waals surface area (Å²) in [6.07, 6.45) is 0. The molecule has 0 saturated heterocycles. The highest BCUT2D eigenvalue weighted by atomic mass is 16.5. The molecule has 1 aromatic carbocycles. The van der Waals surface area contributed by atoms with Crippen molar-refractivity contribution < 1.29 is 14.7 Å². The van der Waals surface area contributed by atoms with Crippen molar-refractivity contribution in [2.75, 3.05) is 7.11 Å². The Balaban J connectivity index is 2.68. The highest BCUT2D eigenvalue weighted by molar-refractivity contribution is 6.01. The van der Waals surface area contributed by atoms with Gasteiger partial charge in [0.25, 0.3) is 0 Å². The van der Waals surface area contributed by atoms with E-state index in [9.17, 15) is 4.79 Å². The summed E-state index contributed by atoms with van der Waals surface area (Å²) >= 11 is 0. The van der Waals surface area contributed by atoms with E-state index in [1.807, 2.05) is 31.2 Å². The third kappa shape index (κ3) is 3.87. The van der Waals surface area contributed by atoms with Gasteiger partial charge in [0, 0.05) is 0 Å². The van der Waals surface area contributed by atoms with Crippen molar-refractivity contribution in [3.63, 3.8) is 0 Å². The SMILES string of the molecule is COc1ccc(C(C)NC(=O)C(C)C(N)=NO)cc1. The Hall–Kier alpha value is -2.24. The molecular weight excluding hydrogens is 246 g/mol. The number of rotatable bonds is 5. The van der Waals surface area contributed by atoms with Gasteiger partial charge in [-0.15, -0.1) is 0 Å². The van der Waals surface area contributed by atoms with E-state index in [4.69, 9.17) is 15.7 Å². The number of benzene rings is 1. The molecule has 0 bridgehead atoms. The number of carbonyl (C=O) groups excluding carboxylic acids is 1. The number of ether oxygens (including phenoxy) is 1. The normalized spacial score (nSPS) is 14.6. The van der Waals surface area contributed by atoms with E-state index in [1.165, 1.54) is 0 Å². The van der Waals surface area contributed by atoms with Gasteiger partial charge in [-0.1, -0.05) is 17.3 Å². The van der Waals surface area contributed by atoms with Crippen molar-refractivity contribution >= 4 is 11.7 Å². The molecule has 1 amide bonds. The molecule has 2 unspecified atom stereocenters. The quantitative estimate of drug-likeness (QED) is 0.323. The van der Waals surface area contributed by atoms with Crippen LogP contribution in [0.1, 0.15) is 25.5 Å². The van der Waals surface area contributed by atoms with Crippen LogP contribution in [0.15, 0.2) is 29.4 Å². The second kappa shape index (κ2) is 6.63. The number of amides is 1. The Morgan fingerprint density at radius 1 is 1.37 bits per heavy atom. The van der Waals surface area contributed by atoms with Gasteiger partial charge in [0.1, 0.15) is 5.75 Å².